The number of anilines is 2. The highest BCUT2D eigenvalue weighted by atomic mass is 19.1. The van der Waals surface area contributed by atoms with Crippen molar-refractivity contribution in [1.29, 1.82) is 5.26 Å². The Hall–Kier alpha value is -3.94. The van der Waals surface area contributed by atoms with Crippen molar-refractivity contribution in [2.45, 2.75) is 44.7 Å². The molecule has 1 fully saturated rings. The highest BCUT2D eigenvalue weighted by Crippen LogP contribution is 2.41. The summed E-state index contributed by atoms with van der Waals surface area (Å²) in [4.78, 5) is 32.1. The largest absolute Gasteiger partial charge is 0.465 e. The normalized spacial score (nSPS) is 20.7. The Morgan fingerprint density at radius 2 is 2.27 bits per heavy atom. The molecule has 1 saturated heterocycles. The molecule has 33 heavy (non-hydrogen) atoms. The molecule has 0 bridgehead atoms. The average molecular weight is 453 g/mol. The fourth-order valence-electron chi connectivity index (χ4n) is 4.65. The number of aromatic nitrogens is 4. The zero-order chi connectivity index (χ0) is 23.8. The van der Waals surface area contributed by atoms with E-state index < -0.39 is 17.6 Å². The van der Waals surface area contributed by atoms with Gasteiger partial charge in [0, 0.05) is 36.7 Å². The lowest BCUT2D eigenvalue weighted by Gasteiger charge is -2.46. The van der Waals surface area contributed by atoms with Gasteiger partial charge in [0.15, 0.2) is 5.82 Å². The number of hydrogen-bond acceptors (Lipinski definition) is 6. The van der Waals surface area contributed by atoms with Crippen LogP contribution in [0.25, 0.3) is 10.9 Å². The van der Waals surface area contributed by atoms with Crippen LogP contribution in [0, 0.1) is 23.2 Å². The standard InChI is InChI=1S/C22H24FN7O3/c1-13(2)16-12-22(5-7-24,6-10-29(16)21(32)33)30-15-4-9-26-20(31)18(15)19(28-30)27-14-3-8-25-17(23)11-14/h3-4,8-9,11,13,16H,5-6,10,12H2,1-2H3,(H,26,31)(H,32,33)(H,25,27,28). The molecule has 0 radical (unpaired) electrons. The number of carbonyl (C=O) groups is 1. The topological polar surface area (TPSA) is 140 Å². The van der Waals surface area contributed by atoms with Crippen molar-refractivity contribution >= 4 is 28.5 Å². The Kier molecular flexibility index (Phi) is 5.76. The SMILES string of the molecule is CC(C)C1CC(CC#N)(n2nc(Nc3ccnc(F)c3)c3c(=O)[nH]ccc32)CCN1C(=O)O. The fraction of sp³-hybridized carbons (Fsp3) is 0.409. The van der Waals surface area contributed by atoms with E-state index in [0.29, 0.717) is 24.0 Å². The molecule has 2 atom stereocenters. The number of likely N-dealkylation sites (tertiary alicyclic amines) is 1. The highest BCUT2D eigenvalue weighted by Gasteiger charge is 2.45. The minimum atomic E-state index is -0.997. The van der Waals surface area contributed by atoms with E-state index in [0.717, 1.165) is 0 Å². The summed E-state index contributed by atoms with van der Waals surface area (Å²) in [5, 5.41) is 27.3. The number of fused-ring (bicyclic) bond motifs is 1. The molecule has 3 aromatic heterocycles. The van der Waals surface area contributed by atoms with Gasteiger partial charge in [0.25, 0.3) is 5.56 Å². The molecule has 1 aliphatic rings. The van der Waals surface area contributed by atoms with Gasteiger partial charge in [-0.3, -0.25) is 9.48 Å². The first-order chi connectivity index (χ1) is 15.8. The van der Waals surface area contributed by atoms with E-state index in [-0.39, 0.29) is 41.7 Å². The van der Waals surface area contributed by atoms with Crippen molar-refractivity contribution in [3.8, 4) is 6.07 Å². The molecule has 1 aliphatic heterocycles. The molecule has 0 aliphatic carbocycles. The number of H-pyrrole nitrogens is 1. The van der Waals surface area contributed by atoms with Crippen molar-refractivity contribution in [3.63, 3.8) is 0 Å². The van der Waals surface area contributed by atoms with Gasteiger partial charge in [-0.25, -0.2) is 9.78 Å². The molecule has 10 nitrogen and oxygen atoms in total. The Bertz CT molecular complexity index is 1300. The van der Waals surface area contributed by atoms with Crippen LogP contribution in [0.1, 0.15) is 33.1 Å². The smallest absolute Gasteiger partial charge is 0.407 e. The molecule has 4 rings (SSSR count). The predicted octanol–water partition coefficient (Wildman–Crippen LogP) is 3.41. The van der Waals surface area contributed by atoms with Gasteiger partial charge in [-0.2, -0.15) is 14.8 Å². The van der Waals surface area contributed by atoms with E-state index in [2.05, 4.69) is 26.5 Å². The average Bonchev–Trinajstić information content (AvgIpc) is 3.14. The number of nitrogens with zero attached hydrogens (tertiary/aromatic N) is 5. The predicted molar refractivity (Wildman–Crippen MR) is 119 cm³/mol. The first kappa shape index (κ1) is 22.3. The van der Waals surface area contributed by atoms with E-state index in [1.54, 1.807) is 16.8 Å². The van der Waals surface area contributed by atoms with E-state index >= 15 is 0 Å². The zero-order valence-corrected chi connectivity index (χ0v) is 18.2. The van der Waals surface area contributed by atoms with Crippen molar-refractivity contribution in [3.05, 3.63) is 46.9 Å². The van der Waals surface area contributed by atoms with Crippen LogP contribution in [0.3, 0.4) is 0 Å². The van der Waals surface area contributed by atoms with Crippen LogP contribution in [0.2, 0.25) is 0 Å². The van der Waals surface area contributed by atoms with Crippen LogP contribution in [-0.2, 0) is 5.54 Å². The molecule has 2 unspecified atom stereocenters. The number of nitrogens with one attached hydrogen (secondary N) is 2. The number of nitriles is 1. The lowest BCUT2D eigenvalue weighted by molar-refractivity contribution is 0.0339. The van der Waals surface area contributed by atoms with E-state index in [1.807, 2.05) is 13.8 Å². The van der Waals surface area contributed by atoms with Crippen molar-refractivity contribution in [1.82, 2.24) is 24.6 Å². The Morgan fingerprint density at radius 3 is 2.94 bits per heavy atom. The van der Waals surface area contributed by atoms with Crippen molar-refractivity contribution in [2.75, 3.05) is 11.9 Å². The van der Waals surface area contributed by atoms with Gasteiger partial charge < -0.3 is 20.3 Å². The lowest BCUT2D eigenvalue weighted by atomic mass is 9.77. The van der Waals surface area contributed by atoms with Crippen LogP contribution in [0.4, 0.5) is 20.7 Å². The molecule has 3 N–H and O–H groups in total. The monoisotopic (exact) mass is 453 g/mol. The summed E-state index contributed by atoms with van der Waals surface area (Å²) in [5.74, 6) is -0.446. The first-order valence-electron chi connectivity index (χ1n) is 10.6. The van der Waals surface area contributed by atoms with Crippen molar-refractivity contribution in [2.24, 2.45) is 5.92 Å². The molecule has 1 amide bonds. The van der Waals surface area contributed by atoms with Gasteiger partial charge in [-0.1, -0.05) is 13.8 Å². The zero-order valence-electron chi connectivity index (χ0n) is 18.2. The minimum Gasteiger partial charge on any atom is -0.465 e. The number of carboxylic acid groups (broad SMARTS) is 1. The minimum absolute atomic E-state index is 0.0158. The molecular weight excluding hydrogens is 429 g/mol. The van der Waals surface area contributed by atoms with Gasteiger partial charge in [0.05, 0.1) is 23.5 Å². The van der Waals surface area contributed by atoms with E-state index in [1.165, 1.54) is 23.4 Å². The van der Waals surface area contributed by atoms with Gasteiger partial charge in [0.1, 0.15) is 5.39 Å². The van der Waals surface area contributed by atoms with Gasteiger partial charge in [-0.05, 0) is 30.9 Å². The molecule has 11 heteroatoms. The molecular formula is C22H24FN7O3. The number of amides is 1. The summed E-state index contributed by atoms with van der Waals surface area (Å²) < 4.78 is 15.3. The number of rotatable bonds is 5. The van der Waals surface area contributed by atoms with Gasteiger partial charge in [0.2, 0.25) is 5.95 Å². The van der Waals surface area contributed by atoms with E-state index in [4.69, 9.17) is 0 Å². The second kappa shape index (κ2) is 8.54. The molecule has 0 saturated carbocycles. The fourth-order valence-corrected chi connectivity index (χ4v) is 4.65. The van der Waals surface area contributed by atoms with Crippen LogP contribution in [0.15, 0.2) is 35.4 Å². The summed E-state index contributed by atoms with van der Waals surface area (Å²) in [5.41, 5.74) is -0.318. The Labute approximate surface area is 188 Å². The summed E-state index contributed by atoms with van der Waals surface area (Å²) in [7, 11) is 0. The van der Waals surface area contributed by atoms with Crippen LogP contribution < -0.4 is 10.9 Å². The van der Waals surface area contributed by atoms with Crippen LogP contribution in [-0.4, -0.2) is 48.4 Å². The number of halogens is 1. The summed E-state index contributed by atoms with van der Waals surface area (Å²) in [6.07, 6.45) is 2.64. The van der Waals surface area contributed by atoms with Crippen molar-refractivity contribution < 1.29 is 14.3 Å². The molecule has 0 aromatic carbocycles. The third-order valence-electron chi connectivity index (χ3n) is 6.27. The second-order valence-electron chi connectivity index (χ2n) is 8.62. The second-order valence-corrected chi connectivity index (χ2v) is 8.62. The maximum absolute atomic E-state index is 13.6. The quantitative estimate of drug-likeness (QED) is 0.503. The molecule has 4 heterocycles. The number of pyridine rings is 2. The molecule has 0 spiro atoms. The maximum atomic E-state index is 13.6. The number of aromatic amines is 1. The molecule has 3 aromatic rings. The number of hydrogen-bond donors (Lipinski definition) is 3. The van der Waals surface area contributed by atoms with E-state index in [9.17, 15) is 24.3 Å². The number of piperidine rings is 1. The third-order valence-corrected chi connectivity index (χ3v) is 6.27. The lowest BCUT2D eigenvalue weighted by Crippen LogP contribution is -2.55. The highest BCUT2D eigenvalue weighted by molar-refractivity contribution is 5.91. The van der Waals surface area contributed by atoms with Gasteiger partial charge >= 0.3 is 6.09 Å². The summed E-state index contributed by atoms with van der Waals surface area (Å²) in [6, 6.07) is 6.36. The summed E-state index contributed by atoms with van der Waals surface area (Å²) in [6.45, 7) is 4.13. The Balaban J connectivity index is 1.87. The first-order valence-corrected chi connectivity index (χ1v) is 10.6. The Morgan fingerprint density at radius 1 is 1.48 bits per heavy atom. The summed E-state index contributed by atoms with van der Waals surface area (Å²) >= 11 is 0. The third kappa shape index (κ3) is 4.00. The van der Waals surface area contributed by atoms with Crippen LogP contribution >= 0.6 is 0 Å². The maximum Gasteiger partial charge on any atom is 0.407 e. The van der Waals surface area contributed by atoms with Crippen LogP contribution in [0.5, 0.6) is 0 Å². The molecule has 172 valence electrons. The van der Waals surface area contributed by atoms with Gasteiger partial charge in [-0.15, -0.1) is 0 Å².